The number of hydrogen-bond donors (Lipinski definition) is 1. The van der Waals surface area contributed by atoms with Crippen molar-refractivity contribution in [3.8, 4) is 0 Å². The first-order valence-corrected chi connectivity index (χ1v) is 8.05. The molecule has 2 heterocycles. The van der Waals surface area contributed by atoms with Crippen LogP contribution in [0.3, 0.4) is 0 Å². The Morgan fingerprint density at radius 2 is 1.95 bits per heavy atom. The summed E-state index contributed by atoms with van der Waals surface area (Å²) in [6.07, 6.45) is 4.11. The molecule has 20 heavy (non-hydrogen) atoms. The molecule has 3 heteroatoms. The van der Waals surface area contributed by atoms with E-state index in [2.05, 4.69) is 52.5 Å². The summed E-state index contributed by atoms with van der Waals surface area (Å²) < 4.78 is 0. The smallest absolute Gasteiger partial charge is 0.0446 e. The van der Waals surface area contributed by atoms with E-state index in [0.29, 0.717) is 6.04 Å². The Morgan fingerprint density at radius 3 is 2.75 bits per heavy atom. The Kier molecular flexibility index (Phi) is 4.71. The van der Waals surface area contributed by atoms with Crippen LogP contribution in [0.25, 0.3) is 0 Å². The molecule has 1 aromatic rings. The quantitative estimate of drug-likeness (QED) is 0.906. The summed E-state index contributed by atoms with van der Waals surface area (Å²) in [5.41, 5.74) is 1.41. The molecule has 0 aromatic heterocycles. The second kappa shape index (κ2) is 6.70. The normalized spacial score (nSPS) is 26.1. The maximum absolute atomic E-state index is 3.49. The Bertz CT molecular complexity index is 406. The maximum Gasteiger partial charge on any atom is 0.0446 e. The monoisotopic (exact) mass is 273 g/mol. The van der Waals surface area contributed by atoms with E-state index in [4.69, 9.17) is 0 Å². The third-order valence-corrected chi connectivity index (χ3v) is 4.88. The SMILES string of the molecule is CNC(CN1CCCN2CCCC2C1)c1ccccc1. The number of benzene rings is 1. The van der Waals surface area contributed by atoms with Gasteiger partial charge in [0.15, 0.2) is 0 Å². The molecule has 2 atom stereocenters. The van der Waals surface area contributed by atoms with Crippen LogP contribution in [0.4, 0.5) is 0 Å². The van der Waals surface area contributed by atoms with Crippen molar-refractivity contribution in [1.29, 1.82) is 0 Å². The lowest BCUT2D eigenvalue weighted by molar-refractivity contribution is 0.207. The van der Waals surface area contributed by atoms with E-state index < -0.39 is 0 Å². The molecule has 1 N–H and O–H groups in total. The van der Waals surface area contributed by atoms with Crippen LogP contribution in [0, 0.1) is 0 Å². The minimum Gasteiger partial charge on any atom is -0.312 e. The largest absolute Gasteiger partial charge is 0.312 e. The summed E-state index contributed by atoms with van der Waals surface area (Å²) in [5, 5.41) is 3.49. The zero-order valence-electron chi connectivity index (χ0n) is 12.6. The molecular formula is C17H27N3. The molecule has 1 aromatic carbocycles. The Balaban J connectivity index is 1.63. The first-order chi connectivity index (χ1) is 9.86. The Morgan fingerprint density at radius 1 is 1.15 bits per heavy atom. The molecule has 2 saturated heterocycles. The molecule has 0 amide bonds. The van der Waals surface area contributed by atoms with E-state index in [1.807, 2.05) is 0 Å². The van der Waals surface area contributed by atoms with Crippen molar-refractivity contribution in [3.63, 3.8) is 0 Å². The highest BCUT2D eigenvalue weighted by atomic mass is 15.3. The third kappa shape index (κ3) is 3.22. The van der Waals surface area contributed by atoms with Crippen LogP contribution in [-0.2, 0) is 0 Å². The maximum atomic E-state index is 3.49. The highest BCUT2D eigenvalue weighted by Crippen LogP contribution is 2.23. The van der Waals surface area contributed by atoms with Crippen LogP contribution in [-0.4, -0.2) is 55.6 Å². The first kappa shape index (κ1) is 14.1. The van der Waals surface area contributed by atoms with E-state index in [1.54, 1.807) is 0 Å². The van der Waals surface area contributed by atoms with Crippen molar-refractivity contribution in [1.82, 2.24) is 15.1 Å². The van der Waals surface area contributed by atoms with E-state index in [-0.39, 0.29) is 0 Å². The lowest BCUT2D eigenvalue weighted by Crippen LogP contribution is -2.40. The van der Waals surface area contributed by atoms with Gasteiger partial charge in [0.25, 0.3) is 0 Å². The minimum absolute atomic E-state index is 0.448. The number of nitrogens with zero attached hydrogens (tertiary/aromatic N) is 2. The van der Waals surface area contributed by atoms with Gasteiger partial charge in [0, 0.05) is 25.2 Å². The van der Waals surface area contributed by atoms with Crippen molar-refractivity contribution < 1.29 is 0 Å². The Hall–Kier alpha value is -0.900. The average Bonchev–Trinajstić information content (AvgIpc) is 2.84. The molecule has 0 saturated carbocycles. The molecule has 110 valence electrons. The number of nitrogens with one attached hydrogen (secondary N) is 1. The summed E-state index contributed by atoms with van der Waals surface area (Å²) in [6.45, 7) is 6.26. The van der Waals surface area contributed by atoms with Gasteiger partial charge in [0.2, 0.25) is 0 Å². The predicted molar refractivity (Wildman–Crippen MR) is 83.9 cm³/mol. The van der Waals surface area contributed by atoms with Crippen LogP contribution in [0.5, 0.6) is 0 Å². The van der Waals surface area contributed by atoms with Crippen molar-refractivity contribution >= 4 is 0 Å². The summed E-state index contributed by atoms with van der Waals surface area (Å²) in [7, 11) is 2.08. The molecule has 0 aliphatic carbocycles. The lowest BCUT2D eigenvalue weighted by Gasteiger charge is -2.29. The number of hydrogen-bond acceptors (Lipinski definition) is 3. The first-order valence-electron chi connectivity index (χ1n) is 8.05. The number of rotatable bonds is 4. The Labute approximate surface area is 123 Å². The number of fused-ring (bicyclic) bond motifs is 1. The van der Waals surface area contributed by atoms with Crippen molar-refractivity contribution in [2.24, 2.45) is 0 Å². The van der Waals surface area contributed by atoms with Gasteiger partial charge < -0.3 is 5.32 Å². The van der Waals surface area contributed by atoms with Gasteiger partial charge in [-0.3, -0.25) is 9.80 Å². The molecule has 2 aliphatic heterocycles. The van der Waals surface area contributed by atoms with Crippen LogP contribution in [0.1, 0.15) is 30.9 Å². The predicted octanol–water partition coefficient (Wildman–Crippen LogP) is 2.12. The summed E-state index contributed by atoms with van der Waals surface area (Å²) in [6, 6.07) is 12.1. The fourth-order valence-corrected chi connectivity index (χ4v) is 3.76. The fraction of sp³-hybridized carbons (Fsp3) is 0.647. The molecule has 0 bridgehead atoms. The molecule has 3 rings (SSSR count). The second-order valence-corrected chi connectivity index (χ2v) is 6.20. The molecule has 3 nitrogen and oxygen atoms in total. The van der Waals surface area contributed by atoms with Gasteiger partial charge >= 0.3 is 0 Å². The molecule has 0 radical (unpaired) electrons. The zero-order chi connectivity index (χ0) is 13.8. The van der Waals surface area contributed by atoms with Gasteiger partial charge in [-0.1, -0.05) is 30.3 Å². The average molecular weight is 273 g/mol. The van der Waals surface area contributed by atoms with Crippen molar-refractivity contribution in [3.05, 3.63) is 35.9 Å². The molecular weight excluding hydrogens is 246 g/mol. The highest BCUT2D eigenvalue weighted by Gasteiger charge is 2.29. The summed E-state index contributed by atoms with van der Waals surface area (Å²) >= 11 is 0. The second-order valence-electron chi connectivity index (χ2n) is 6.20. The summed E-state index contributed by atoms with van der Waals surface area (Å²) in [5.74, 6) is 0. The van der Waals surface area contributed by atoms with Crippen LogP contribution in [0.15, 0.2) is 30.3 Å². The molecule has 2 fully saturated rings. The summed E-state index contributed by atoms with van der Waals surface area (Å²) in [4.78, 5) is 5.38. The van der Waals surface area contributed by atoms with Crippen LogP contribution >= 0.6 is 0 Å². The third-order valence-electron chi connectivity index (χ3n) is 4.88. The molecule has 2 aliphatic rings. The standard InChI is InChI=1S/C17H27N3/c1-18-17(15-7-3-2-4-8-15)14-19-10-6-12-20-11-5-9-16(20)13-19/h2-4,7-8,16-18H,5-6,9-14H2,1H3. The molecule has 0 spiro atoms. The number of likely N-dealkylation sites (N-methyl/N-ethyl adjacent to an activating group) is 1. The van der Waals surface area contributed by atoms with Gasteiger partial charge in [-0.15, -0.1) is 0 Å². The van der Waals surface area contributed by atoms with Gasteiger partial charge in [0.05, 0.1) is 0 Å². The highest BCUT2D eigenvalue weighted by molar-refractivity contribution is 5.19. The topological polar surface area (TPSA) is 18.5 Å². The zero-order valence-corrected chi connectivity index (χ0v) is 12.6. The van der Waals surface area contributed by atoms with E-state index in [1.165, 1.54) is 51.0 Å². The molecule has 2 unspecified atom stereocenters. The van der Waals surface area contributed by atoms with Gasteiger partial charge in [-0.2, -0.15) is 0 Å². The van der Waals surface area contributed by atoms with Crippen LogP contribution < -0.4 is 5.32 Å². The van der Waals surface area contributed by atoms with Crippen LogP contribution in [0.2, 0.25) is 0 Å². The minimum atomic E-state index is 0.448. The van der Waals surface area contributed by atoms with Crippen molar-refractivity contribution in [2.45, 2.75) is 31.3 Å². The van der Waals surface area contributed by atoms with Gasteiger partial charge in [0.1, 0.15) is 0 Å². The van der Waals surface area contributed by atoms with Crippen molar-refractivity contribution in [2.75, 3.05) is 39.8 Å². The lowest BCUT2D eigenvalue weighted by atomic mass is 10.1. The van der Waals surface area contributed by atoms with E-state index >= 15 is 0 Å². The van der Waals surface area contributed by atoms with E-state index in [9.17, 15) is 0 Å². The van der Waals surface area contributed by atoms with Gasteiger partial charge in [-0.25, -0.2) is 0 Å². The van der Waals surface area contributed by atoms with E-state index in [0.717, 1.165) is 12.6 Å². The van der Waals surface area contributed by atoms with Gasteiger partial charge in [-0.05, 0) is 51.5 Å². The fourth-order valence-electron chi connectivity index (χ4n) is 3.76.